The molecule has 0 radical (unpaired) electrons. The number of para-hydroxylation sites is 1. The number of nitrogens with one attached hydrogen (secondary N) is 1. The third kappa shape index (κ3) is 4.37. The third-order valence-corrected chi connectivity index (χ3v) is 4.72. The van der Waals surface area contributed by atoms with Crippen LogP contribution < -0.4 is 5.32 Å². The quantitative estimate of drug-likeness (QED) is 0.381. The van der Waals surface area contributed by atoms with E-state index in [0.717, 1.165) is 35.1 Å². The van der Waals surface area contributed by atoms with Gasteiger partial charge in [-0.25, -0.2) is 4.68 Å². The number of fused-ring (bicyclic) bond motifs is 1. The average molecular weight is 387 g/mol. The molecule has 1 unspecified atom stereocenters. The number of aromatic nitrogens is 2. The third-order valence-electron chi connectivity index (χ3n) is 4.72. The summed E-state index contributed by atoms with van der Waals surface area (Å²) in [5, 5.41) is 8.35. The number of amides is 1. The lowest BCUT2D eigenvalue weighted by molar-refractivity contribution is -0.111. The predicted molar refractivity (Wildman–Crippen MR) is 112 cm³/mol. The number of carbonyl (C=O) groups is 1. The van der Waals surface area contributed by atoms with Crippen LogP contribution in [-0.2, 0) is 20.9 Å². The summed E-state index contributed by atoms with van der Waals surface area (Å²) >= 11 is 0. The highest BCUT2D eigenvalue weighted by Crippen LogP contribution is 2.27. The van der Waals surface area contributed by atoms with Gasteiger partial charge < -0.3 is 14.8 Å². The SMILES string of the molecule is C#CCOCc1ccccc1NC(=O)/C=C/c1ccc2cnn(C3CCO3)c2c1. The first-order chi connectivity index (χ1) is 14.2. The Morgan fingerprint density at radius 3 is 3.03 bits per heavy atom. The van der Waals surface area contributed by atoms with Gasteiger partial charge in [0.2, 0.25) is 5.91 Å². The van der Waals surface area contributed by atoms with E-state index >= 15 is 0 Å². The zero-order valence-corrected chi connectivity index (χ0v) is 15.9. The molecule has 1 aromatic heterocycles. The number of ether oxygens (including phenoxy) is 2. The van der Waals surface area contributed by atoms with Crippen LogP contribution in [0.15, 0.2) is 54.7 Å². The summed E-state index contributed by atoms with van der Waals surface area (Å²) in [6.07, 6.45) is 11.3. The fraction of sp³-hybridized carbons (Fsp3) is 0.217. The monoisotopic (exact) mass is 387 g/mol. The number of hydrogen-bond donors (Lipinski definition) is 1. The van der Waals surface area contributed by atoms with Crippen LogP contribution in [-0.4, -0.2) is 28.9 Å². The normalized spacial score (nSPS) is 15.9. The van der Waals surface area contributed by atoms with Gasteiger partial charge in [0, 0.05) is 29.1 Å². The second-order valence-corrected chi connectivity index (χ2v) is 6.70. The highest BCUT2D eigenvalue weighted by Gasteiger charge is 2.22. The van der Waals surface area contributed by atoms with E-state index in [0.29, 0.717) is 12.3 Å². The maximum absolute atomic E-state index is 12.4. The molecule has 0 saturated carbocycles. The lowest BCUT2D eigenvalue weighted by Gasteiger charge is -2.27. The maximum Gasteiger partial charge on any atom is 0.248 e. The molecule has 0 bridgehead atoms. The van der Waals surface area contributed by atoms with Gasteiger partial charge in [-0.2, -0.15) is 5.10 Å². The van der Waals surface area contributed by atoms with E-state index in [1.165, 1.54) is 6.08 Å². The molecule has 1 N–H and O–H groups in total. The Morgan fingerprint density at radius 2 is 2.24 bits per heavy atom. The molecule has 1 aliphatic heterocycles. The molecule has 2 aromatic carbocycles. The minimum Gasteiger partial charge on any atom is -0.364 e. The van der Waals surface area contributed by atoms with Gasteiger partial charge in [0.1, 0.15) is 6.61 Å². The Morgan fingerprint density at radius 1 is 1.38 bits per heavy atom. The molecule has 2 heterocycles. The van der Waals surface area contributed by atoms with Crippen molar-refractivity contribution in [2.45, 2.75) is 19.3 Å². The van der Waals surface area contributed by atoms with Crippen molar-refractivity contribution in [3.05, 3.63) is 65.9 Å². The Labute approximate surface area is 169 Å². The van der Waals surface area contributed by atoms with E-state index in [1.54, 1.807) is 6.08 Å². The number of benzene rings is 2. The summed E-state index contributed by atoms with van der Waals surface area (Å²) in [6, 6.07) is 13.5. The van der Waals surface area contributed by atoms with Crippen molar-refractivity contribution in [3.63, 3.8) is 0 Å². The molecule has 0 aliphatic carbocycles. The van der Waals surface area contributed by atoms with Crippen molar-refractivity contribution in [3.8, 4) is 12.3 Å². The van der Waals surface area contributed by atoms with Crippen molar-refractivity contribution in [1.82, 2.24) is 9.78 Å². The number of anilines is 1. The van der Waals surface area contributed by atoms with Crippen LogP contribution in [0.5, 0.6) is 0 Å². The van der Waals surface area contributed by atoms with Crippen molar-refractivity contribution in [2.24, 2.45) is 0 Å². The number of carbonyl (C=O) groups excluding carboxylic acids is 1. The van der Waals surface area contributed by atoms with Crippen molar-refractivity contribution >= 4 is 28.6 Å². The number of terminal acetylenes is 1. The molecule has 1 amide bonds. The lowest BCUT2D eigenvalue weighted by Crippen LogP contribution is -2.25. The van der Waals surface area contributed by atoms with Crippen LogP contribution >= 0.6 is 0 Å². The molecule has 1 saturated heterocycles. The molecule has 1 fully saturated rings. The van der Waals surface area contributed by atoms with E-state index in [9.17, 15) is 4.79 Å². The molecule has 1 aliphatic rings. The summed E-state index contributed by atoms with van der Waals surface area (Å²) in [6.45, 7) is 1.34. The lowest BCUT2D eigenvalue weighted by atomic mass is 10.1. The predicted octanol–water partition coefficient (Wildman–Crippen LogP) is 3.76. The smallest absolute Gasteiger partial charge is 0.248 e. The summed E-state index contributed by atoms with van der Waals surface area (Å²) in [4.78, 5) is 12.4. The van der Waals surface area contributed by atoms with Gasteiger partial charge >= 0.3 is 0 Å². The number of hydrogen-bond acceptors (Lipinski definition) is 4. The summed E-state index contributed by atoms with van der Waals surface area (Å²) in [5.41, 5.74) is 3.48. The largest absolute Gasteiger partial charge is 0.364 e. The molecule has 6 heteroatoms. The Bertz CT molecular complexity index is 1090. The molecular formula is C23H21N3O3. The van der Waals surface area contributed by atoms with Crippen LogP contribution in [0.25, 0.3) is 17.0 Å². The Balaban J connectivity index is 1.45. The standard InChI is InChI=1S/C23H21N3O3/c1-2-12-28-16-19-5-3-4-6-20(19)25-22(27)10-8-17-7-9-18-15-24-26(21(18)14-17)23-11-13-29-23/h1,3-10,14-15,23H,11-13,16H2,(H,25,27)/b10-8+. The van der Waals surface area contributed by atoms with Gasteiger partial charge in [0.05, 0.1) is 24.9 Å². The first-order valence-electron chi connectivity index (χ1n) is 9.41. The Kier molecular flexibility index (Phi) is 5.71. The molecule has 0 spiro atoms. The second kappa shape index (κ2) is 8.74. The molecular weight excluding hydrogens is 366 g/mol. The molecule has 29 heavy (non-hydrogen) atoms. The number of nitrogens with zero attached hydrogens (tertiary/aromatic N) is 2. The van der Waals surface area contributed by atoms with E-state index in [1.807, 2.05) is 53.3 Å². The summed E-state index contributed by atoms with van der Waals surface area (Å²) in [5.74, 6) is 2.21. The zero-order chi connectivity index (χ0) is 20.1. The van der Waals surface area contributed by atoms with Crippen molar-refractivity contribution in [1.29, 1.82) is 0 Å². The molecule has 4 rings (SSSR count). The maximum atomic E-state index is 12.4. The van der Waals surface area contributed by atoms with Gasteiger partial charge in [-0.3, -0.25) is 4.79 Å². The van der Waals surface area contributed by atoms with Crippen LogP contribution in [0.4, 0.5) is 5.69 Å². The van der Waals surface area contributed by atoms with Crippen LogP contribution in [0.2, 0.25) is 0 Å². The minimum atomic E-state index is -0.217. The van der Waals surface area contributed by atoms with Crippen LogP contribution in [0.1, 0.15) is 23.8 Å². The van der Waals surface area contributed by atoms with E-state index in [2.05, 4.69) is 16.3 Å². The summed E-state index contributed by atoms with van der Waals surface area (Å²) in [7, 11) is 0. The van der Waals surface area contributed by atoms with Gasteiger partial charge in [-0.15, -0.1) is 6.42 Å². The molecule has 3 aromatic rings. The minimum absolute atomic E-state index is 0.00298. The first kappa shape index (κ1) is 18.9. The van der Waals surface area contributed by atoms with E-state index < -0.39 is 0 Å². The van der Waals surface area contributed by atoms with E-state index in [4.69, 9.17) is 15.9 Å². The first-order valence-corrected chi connectivity index (χ1v) is 9.41. The van der Waals surface area contributed by atoms with Gasteiger partial charge in [0.25, 0.3) is 0 Å². The molecule has 146 valence electrons. The summed E-state index contributed by atoms with van der Waals surface area (Å²) < 4.78 is 12.8. The number of rotatable bonds is 7. The topological polar surface area (TPSA) is 65.4 Å². The Hall–Kier alpha value is -3.40. The highest BCUT2D eigenvalue weighted by atomic mass is 16.5. The van der Waals surface area contributed by atoms with Gasteiger partial charge in [0.15, 0.2) is 6.23 Å². The molecule has 1 atom stereocenters. The van der Waals surface area contributed by atoms with Crippen LogP contribution in [0, 0.1) is 12.3 Å². The van der Waals surface area contributed by atoms with Crippen LogP contribution in [0.3, 0.4) is 0 Å². The zero-order valence-electron chi connectivity index (χ0n) is 15.9. The van der Waals surface area contributed by atoms with E-state index in [-0.39, 0.29) is 18.7 Å². The fourth-order valence-corrected chi connectivity index (χ4v) is 3.14. The molecule has 6 nitrogen and oxygen atoms in total. The average Bonchev–Trinajstić information content (AvgIpc) is 3.09. The van der Waals surface area contributed by atoms with Gasteiger partial charge in [-0.05, 0) is 23.8 Å². The second-order valence-electron chi connectivity index (χ2n) is 6.70. The van der Waals surface area contributed by atoms with Crippen molar-refractivity contribution in [2.75, 3.05) is 18.5 Å². The highest BCUT2D eigenvalue weighted by molar-refractivity contribution is 6.02. The fourth-order valence-electron chi connectivity index (χ4n) is 3.14. The van der Waals surface area contributed by atoms with Crippen molar-refractivity contribution < 1.29 is 14.3 Å². The van der Waals surface area contributed by atoms with Gasteiger partial charge in [-0.1, -0.05) is 36.3 Å².